The first-order valence-corrected chi connectivity index (χ1v) is 6.70. The van der Waals surface area contributed by atoms with Crippen molar-refractivity contribution >= 4 is 35.1 Å². The van der Waals surface area contributed by atoms with Crippen molar-refractivity contribution < 1.29 is 19.5 Å². The molecule has 114 valence electrons. The van der Waals surface area contributed by atoms with Gasteiger partial charge in [-0.2, -0.15) is 0 Å². The van der Waals surface area contributed by atoms with Crippen LogP contribution in [0.2, 0.25) is 5.02 Å². The number of nitrogens with one attached hydrogen (secondary N) is 2. The minimum Gasteiger partial charge on any atom is -0.478 e. The zero-order valence-corrected chi connectivity index (χ0v) is 12.7. The van der Waals surface area contributed by atoms with Crippen molar-refractivity contribution in [2.45, 2.75) is 26.8 Å². The number of carbonyl (C=O) groups is 3. The van der Waals surface area contributed by atoms with E-state index in [9.17, 15) is 14.4 Å². The molecule has 3 N–H and O–H groups in total. The number of carboxylic acids is 1. The molecule has 0 saturated carbocycles. The summed E-state index contributed by atoms with van der Waals surface area (Å²) in [5, 5.41) is 14.3. The molecule has 1 unspecified atom stereocenters. The topological polar surface area (TPSA) is 95.5 Å². The van der Waals surface area contributed by atoms with Gasteiger partial charge in [-0.15, -0.1) is 0 Å². The zero-order chi connectivity index (χ0) is 16.2. The second kappa shape index (κ2) is 7.08. The third kappa shape index (κ3) is 5.07. The summed E-state index contributed by atoms with van der Waals surface area (Å²) in [5.74, 6) is -2.01. The molecule has 0 aliphatic carbocycles. The predicted octanol–water partition coefficient (Wildman–Crippen LogP) is 2.14. The highest BCUT2D eigenvalue weighted by molar-refractivity contribution is 6.31. The minimum atomic E-state index is -1.14. The van der Waals surface area contributed by atoms with E-state index < -0.39 is 17.9 Å². The molecule has 0 fully saturated rings. The Bertz CT molecular complexity index is 572. The van der Waals surface area contributed by atoms with E-state index in [0.29, 0.717) is 0 Å². The van der Waals surface area contributed by atoms with Crippen LogP contribution in [0.4, 0.5) is 5.69 Å². The molecule has 0 aliphatic rings. The Labute approximate surface area is 127 Å². The Balaban J connectivity index is 2.95. The molecule has 0 spiro atoms. The third-order valence-corrected chi connectivity index (χ3v) is 2.94. The van der Waals surface area contributed by atoms with Crippen molar-refractivity contribution in [2.24, 2.45) is 5.92 Å². The van der Waals surface area contributed by atoms with Crippen LogP contribution in [0.25, 0.3) is 0 Å². The number of hydrogen-bond donors (Lipinski definition) is 3. The fourth-order valence-corrected chi connectivity index (χ4v) is 1.99. The number of aromatic carboxylic acids is 1. The third-order valence-electron chi connectivity index (χ3n) is 2.72. The number of anilines is 1. The van der Waals surface area contributed by atoms with E-state index in [4.69, 9.17) is 16.7 Å². The summed E-state index contributed by atoms with van der Waals surface area (Å²) in [6.45, 7) is 4.91. The van der Waals surface area contributed by atoms with Crippen molar-refractivity contribution in [3.8, 4) is 0 Å². The van der Waals surface area contributed by atoms with Gasteiger partial charge in [0.25, 0.3) is 0 Å². The molecule has 21 heavy (non-hydrogen) atoms. The molecule has 1 aromatic carbocycles. The SMILES string of the molecule is CC(=O)NC(C(=O)Nc1cc(Cl)cc(C(=O)O)c1)C(C)C. The van der Waals surface area contributed by atoms with Crippen LogP contribution in [-0.2, 0) is 9.59 Å². The minimum absolute atomic E-state index is 0.0292. The smallest absolute Gasteiger partial charge is 0.335 e. The lowest BCUT2D eigenvalue weighted by atomic mass is 10.0. The summed E-state index contributed by atoms with van der Waals surface area (Å²) in [6.07, 6.45) is 0. The largest absolute Gasteiger partial charge is 0.478 e. The van der Waals surface area contributed by atoms with Crippen molar-refractivity contribution in [2.75, 3.05) is 5.32 Å². The maximum atomic E-state index is 12.2. The Kier molecular flexibility index (Phi) is 5.72. The van der Waals surface area contributed by atoms with Gasteiger partial charge in [-0.3, -0.25) is 9.59 Å². The first-order valence-electron chi connectivity index (χ1n) is 6.32. The molecule has 0 bridgehead atoms. The molecular formula is C14H17ClN2O4. The van der Waals surface area contributed by atoms with Gasteiger partial charge in [0.05, 0.1) is 5.56 Å². The van der Waals surface area contributed by atoms with Gasteiger partial charge in [-0.05, 0) is 24.1 Å². The molecule has 7 heteroatoms. The van der Waals surface area contributed by atoms with Gasteiger partial charge in [-0.1, -0.05) is 25.4 Å². The van der Waals surface area contributed by atoms with Crippen LogP contribution in [0.15, 0.2) is 18.2 Å². The first-order chi connectivity index (χ1) is 9.70. The van der Waals surface area contributed by atoms with Crippen LogP contribution in [0.3, 0.4) is 0 Å². The van der Waals surface area contributed by atoms with Gasteiger partial charge in [0, 0.05) is 17.6 Å². The number of carboxylic acid groups (broad SMARTS) is 1. The molecule has 1 aromatic rings. The van der Waals surface area contributed by atoms with Crippen LogP contribution in [-0.4, -0.2) is 28.9 Å². The highest BCUT2D eigenvalue weighted by atomic mass is 35.5. The van der Waals surface area contributed by atoms with E-state index in [1.165, 1.54) is 25.1 Å². The van der Waals surface area contributed by atoms with Crippen LogP contribution < -0.4 is 10.6 Å². The molecule has 0 heterocycles. The number of benzene rings is 1. The van der Waals surface area contributed by atoms with E-state index in [1.54, 1.807) is 13.8 Å². The lowest BCUT2D eigenvalue weighted by molar-refractivity contribution is -0.126. The molecule has 2 amide bonds. The maximum absolute atomic E-state index is 12.2. The van der Waals surface area contributed by atoms with Crippen LogP contribution in [0.1, 0.15) is 31.1 Å². The molecule has 0 aliphatic heterocycles. The van der Waals surface area contributed by atoms with E-state index in [-0.39, 0.29) is 28.1 Å². The molecule has 1 rings (SSSR count). The first kappa shape index (κ1) is 17.0. The lowest BCUT2D eigenvalue weighted by Gasteiger charge is -2.21. The summed E-state index contributed by atoms with van der Waals surface area (Å²) < 4.78 is 0. The van der Waals surface area contributed by atoms with Crippen molar-refractivity contribution in [1.82, 2.24) is 5.32 Å². The van der Waals surface area contributed by atoms with E-state index in [0.717, 1.165) is 0 Å². The number of rotatable bonds is 5. The quantitative estimate of drug-likeness (QED) is 0.776. The van der Waals surface area contributed by atoms with Gasteiger partial charge in [-0.25, -0.2) is 4.79 Å². The Morgan fingerprint density at radius 1 is 1.19 bits per heavy atom. The molecule has 6 nitrogen and oxygen atoms in total. The predicted molar refractivity (Wildman–Crippen MR) is 79.5 cm³/mol. The Hall–Kier alpha value is -2.08. The van der Waals surface area contributed by atoms with Gasteiger partial charge in [0.2, 0.25) is 11.8 Å². The summed E-state index contributed by atoms with van der Waals surface area (Å²) >= 11 is 5.82. The summed E-state index contributed by atoms with van der Waals surface area (Å²) in [4.78, 5) is 34.2. The van der Waals surface area contributed by atoms with Crippen molar-refractivity contribution in [3.63, 3.8) is 0 Å². The average Bonchev–Trinajstić information content (AvgIpc) is 2.34. The second-order valence-corrected chi connectivity index (χ2v) is 5.38. The maximum Gasteiger partial charge on any atom is 0.335 e. The highest BCUT2D eigenvalue weighted by Gasteiger charge is 2.23. The molecular weight excluding hydrogens is 296 g/mol. The molecule has 0 radical (unpaired) electrons. The van der Waals surface area contributed by atoms with E-state index in [2.05, 4.69) is 10.6 Å². The number of hydrogen-bond acceptors (Lipinski definition) is 3. The summed E-state index contributed by atoms with van der Waals surface area (Å²) in [5.41, 5.74) is 0.235. The average molecular weight is 313 g/mol. The molecule has 0 saturated heterocycles. The fraction of sp³-hybridized carbons (Fsp3) is 0.357. The van der Waals surface area contributed by atoms with Gasteiger partial charge < -0.3 is 15.7 Å². The second-order valence-electron chi connectivity index (χ2n) is 4.95. The summed E-state index contributed by atoms with van der Waals surface area (Å²) in [6, 6.07) is 3.32. The number of halogens is 1. The summed E-state index contributed by atoms with van der Waals surface area (Å²) in [7, 11) is 0. The molecule has 0 aromatic heterocycles. The van der Waals surface area contributed by atoms with Crippen LogP contribution in [0.5, 0.6) is 0 Å². The van der Waals surface area contributed by atoms with Gasteiger partial charge in [0.15, 0.2) is 0 Å². The van der Waals surface area contributed by atoms with Crippen LogP contribution >= 0.6 is 11.6 Å². The van der Waals surface area contributed by atoms with Crippen molar-refractivity contribution in [1.29, 1.82) is 0 Å². The van der Waals surface area contributed by atoms with Crippen molar-refractivity contribution in [3.05, 3.63) is 28.8 Å². The Morgan fingerprint density at radius 2 is 1.81 bits per heavy atom. The zero-order valence-electron chi connectivity index (χ0n) is 11.9. The molecule has 1 atom stereocenters. The van der Waals surface area contributed by atoms with Gasteiger partial charge >= 0.3 is 5.97 Å². The fourth-order valence-electron chi connectivity index (χ4n) is 1.76. The number of amides is 2. The Morgan fingerprint density at radius 3 is 2.29 bits per heavy atom. The standard InChI is InChI=1S/C14H17ClN2O4/c1-7(2)12(16-8(3)18)13(19)17-11-5-9(14(20)21)4-10(15)6-11/h4-7,12H,1-3H3,(H,16,18)(H,17,19)(H,20,21). The number of carbonyl (C=O) groups excluding carboxylic acids is 2. The van der Waals surface area contributed by atoms with Crippen LogP contribution in [0, 0.1) is 5.92 Å². The van der Waals surface area contributed by atoms with Gasteiger partial charge in [0.1, 0.15) is 6.04 Å². The normalized spacial score (nSPS) is 11.9. The van der Waals surface area contributed by atoms with E-state index in [1.807, 2.05) is 0 Å². The monoisotopic (exact) mass is 312 g/mol. The van der Waals surface area contributed by atoms with E-state index >= 15 is 0 Å². The highest BCUT2D eigenvalue weighted by Crippen LogP contribution is 2.20. The lowest BCUT2D eigenvalue weighted by Crippen LogP contribution is -2.46.